The zero-order valence-corrected chi connectivity index (χ0v) is 11.2. The van der Waals surface area contributed by atoms with Gasteiger partial charge in [-0.2, -0.15) is 0 Å². The second-order valence-corrected chi connectivity index (χ2v) is 6.04. The Balaban J connectivity index is 1.60. The molecule has 100 valence electrons. The summed E-state index contributed by atoms with van der Waals surface area (Å²) in [5.74, 6) is 1.21. The fraction of sp³-hybridized carbons (Fsp3) is 0.800. The van der Waals surface area contributed by atoms with Crippen LogP contribution in [0.15, 0.2) is 12.2 Å². The maximum atomic E-state index is 12.5. The van der Waals surface area contributed by atoms with Gasteiger partial charge in [-0.1, -0.05) is 12.2 Å². The first-order valence-corrected chi connectivity index (χ1v) is 7.33. The number of amides is 1. The van der Waals surface area contributed by atoms with E-state index in [1.54, 1.807) is 0 Å². The standard InChI is InChI=1S/C15H23NO2/c1-11-9-13-10-16(8-7-14(13)18-11)15(17)12-5-3-2-4-6-12/h2-3,11-14H,4-10H2,1H3/t11-,12-,13-,14-/m0/s1. The van der Waals surface area contributed by atoms with E-state index in [0.29, 0.717) is 24.0 Å². The van der Waals surface area contributed by atoms with Crippen LogP contribution in [0.4, 0.5) is 0 Å². The minimum atomic E-state index is 0.242. The van der Waals surface area contributed by atoms with E-state index in [9.17, 15) is 4.79 Å². The van der Waals surface area contributed by atoms with Crippen LogP contribution >= 0.6 is 0 Å². The Morgan fingerprint density at radius 1 is 1.33 bits per heavy atom. The predicted molar refractivity (Wildman–Crippen MR) is 70.1 cm³/mol. The molecule has 2 saturated heterocycles. The topological polar surface area (TPSA) is 29.5 Å². The Morgan fingerprint density at radius 2 is 2.22 bits per heavy atom. The molecule has 3 heteroatoms. The molecule has 0 aromatic carbocycles. The molecule has 0 N–H and O–H groups in total. The van der Waals surface area contributed by atoms with Gasteiger partial charge in [0.1, 0.15) is 0 Å². The third-order valence-corrected chi connectivity index (χ3v) is 4.64. The number of allylic oxidation sites excluding steroid dienone is 2. The van der Waals surface area contributed by atoms with Gasteiger partial charge in [0, 0.05) is 24.9 Å². The van der Waals surface area contributed by atoms with Crippen molar-refractivity contribution >= 4 is 5.91 Å². The zero-order chi connectivity index (χ0) is 12.5. The third kappa shape index (κ3) is 2.33. The lowest BCUT2D eigenvalue weighted by Gasteiger charge is -2.36. The largest absolute Gasteiger partial charge is 0.375 e. The van der Waals surface area contributed by atoms with Gasteiger partial charge in [-0.3, -0.25) is 4.79 Å². The van der Waals surface area contributed by atoms with Crippen molar-refractivity contribution in [3.8, 4) is 0 Å². The molecule has 1 amide bonds. The van der Waals surface area contributed by atoms with Crippen LogP contribution in [-0.4, -0.2) is 36.1 Å². The number of hydrogen-bond acceptors (Lipinski definition) is 2. The average molecular weight is 249 g/mol. The summed E-state index contributed by atoms with van der Waals surface area (Å²) in [7, 11) is 0. The second-order valence-electron chi connectivity index (χ2n) is 6.04. The van der Waals surface area contributed by atoms with Gasteiger partial charge in [-0.15, -0.1) is 0 Å². The van der Waals surface area contributed by atoms with Gasteiger partial charge in [0.2, 0.25) is 5.91 Å². The molecule has 3 aliphatic rings. The molecule has 2 aliphatic heterocycles. The minimum absolute atomic E-state index is 0.242. The fourth-order valence-electron chi connectivity index (χ4n) is 3.67. The van der Waals surface area contributed by atoms with Crippen molar-refractivity contribution in [2.75, 3.05) is 13.1 Å². The Labute approximate surface area is 109 Å². The lowest BCUT2D eigenvalue weighted by molar-refractivity contribution is -0.139. The molecule has 4 atom stereocenters. The number of piperidine rings is 1. The molecule has 2 fully saturated rings. The monoisotopic (exact) mass is 249 g/mol. The first-order valence-electron chi connectivity index (χ1n) is 7.33. The molecule has 0 unspecified atom stereocenters. The summed E-state index contributed by atoms with van der Waals surface area (Å²) < 4.78 is 5.89. The van der Waals surface area contributed by atoms with E-state index in [0.717, 1.165) is 45.2 Å². The summed E-state index contributed by atoms with van der Waals surface area (Å²) >= 11 is 0. The lowest BCUT2D eigenvalue weighted by atomic mass is 9.89. The zero-order valence-electron chi connectivity index (χ0n) is 11.2. The molecule has 0 spiro atoms. The smallest absolute Gasteiger partial charge is 0.226 e. The normalized spacial score (nSPS) is 39.7. The maximum Gasteiger partial charge on any atom is 0.226 e. The summed E-state index contributed by atoms with van der Waals surface area (Å²) in [5, 5.41) is 0. The lowest BCUT2D eigenvalue weighted by Crippen LogP contribution is -2.46. The quantitative estimate of drug-likeness (QED) is 0.668. The molecule has 0 bridgehead atoms. The van der Waals surface area contributed by atoms with Gasteiger partial charge in [0.25, 0.3) is 0 Å². The number of nitrogens with zero attached hydrogens (tertiary/aromatic N) is 1. The summed E-state index contributed by atoms with van der Waals surface area (Å²) in [6, 6.07) is 0. The van der Waals surface area contributed by atoms with Crippen molar-refractivity contribution in [2.24, 2.45) is 11.8 Å². The molecule has 0 radical (unpaired) electrons. The van der Waals surface area contributed by atoms with E-state index in [2.05, 4.69) is 24.0 Å². The van der Waals surface area contributed by atoms with E-state index in [1.165, 1.54) is 0 Å². The van der Waals surface area contributed by atoms with Gasteiger partial charge < -0.3 is 9.64 Å². The molecule has 0 aromatic heterocycles. The summed E-state index contributed by atoms with van der Waals surface area (Å²) in [6.07, 6.45) is 10.4. The van der Waals surface area contributed by atoms with Gasteiger partial charge in [-0.05, 0) is 39.0 Å². The van der Waals surface area contributed by atoms with Crippen LogP contribution in [-0.2, 0) is 9.53 Å². The van der Waals surface area contributed by atoms with Crippen LogP contribution in [0.2, 0.25) is 0 Å². The van der Waals surface area contributed by atoms with Crippen LogP contribution in [0.25, 0.3) is 0 Å². The third-order valence-electron chi connectivity index (χ3n) is 4.64. The predicted octanol–water partition coefficient (Wildman–Crippen LogP) is 2.37. The maximum absolute atomic E-state index is 12.5. The van der Waals surface area contributed by atoms with Crippen LogP contribution in [0, 0.1) is 11.8 Å². The molecule has 1 aliphatic carbocycles. The van der Waals surface area contributed by atoms with Crippen molar-refractivity contribution in [2.45, 2.75) is 51.2 Å². The Hall–Kier alpha value is -0.830. The van der Waals surface area contributed by atoms with E-state index in [-0.39, 0.29) is 5.92 Å². The highest BCUT2D eigenvalue weighted by Crippen LogP contribution is 2.33. The van der Waals surface area contributed by atoms with Gasteiger partial charge >= 0.3 is 0 Å². The van der Waals surface area contributed by atoms with Crippen molar-refractivity contribution in [3.05, 3.63) is 12.2 Å². The first-order chi connectivity index (χ1) is 8.74. The van der Waals surface area contributed by atoms with E-state index in [4.69, 9.17) is 4.74 Å². The van der Waals surface area contributed by atoms with Crippen molar-refractivity contribution in [1.29, 1.82) is 0 Å². The van der Waals surface area contributed by atoms with Crippen LogP contribution < -0.4 is 0 Å². The van der Waals surface area contributed by atoms with Gasteiger partial charge in [0.05, 0.1) is 12.2 Å². The molecule has 18 heavy (non-hydrogen) atoms. The molecule has 3 nitrogen and oxygen atoms in total. The van der Waals surface area contributed by atoms with Crippen LogP contribution in [0.5, 0.6) is 0 Å². The summed E-state index contributed by atoms with van der Waals surface area (Å²) in [6.45, 7) is 3.97. The highest BCUT2D eigenvalue weighted by atomic mass is 16.5. The Bertz CT molecular complexity index is 352. The van der Waals surface area contributed by atoms with Crippen molar-refractivity contribution in [3.63, 3.8) is 0 Å². The number of carbonyl (C=O) groups is 1. The highest BCUT2D eigenvalue weighted by molar-refractivity contribution is 5.79. The number of carbonyl (C=O) groups excluding carboxylic acids is 1. The molecular weight excluding hydrogens is 226 g/mol. The van der Waals surface area contributed by atoms with Gasteiger partial charge in [-0.25, -0.2) is 0 Å². The van der Waals surface area contributed by atoms with E-state index in [1.807, 2.05) is 0 Å². The number of hydrogen-bond donors (Lipinski definition) is 0. The second kappa shape index (κ2) is 5.04. The Morgan fingerprint density at radius 3 is 3.00 bits per heavy atom. The van der Waals surface area contributed by atoms with Crippen molar-refractivity contribution < 1.29 is 9.53 Å². The van der Waals surface area contributed by atoms with Crippen molar-refractivity contribution in [1.82, 2.24) is 4.90 Å². The molecule has 3 rings (SSSR count). The molecule has 0 aromatic rings. The molecule has 0 saturated carbocycles. The first kappa shape index (κ1) is 12.2. The van der Waals surface area contributed by atoms with Crippen LogP contribution in [0.1, 0.15) is 39.0 Å². The highest BCUT2D eigenvalue weighted by Gasteiger charge is 2.39. The number of fused-ring (bicyclic) bond motifs is 1. The summed E-state index contributed by atoms with van der Waals surface area (Å²) in [4.78, 5) is 14.6. The SMILES string of the molecule is C[C@H]1C[C@H]2CN(C(=O)[C@H]3CC=CCC3)CC[C@@H]2O1. The van der Waals surface area contributed by atoms with Gasteiger partial charge in [0.15, 0.2) is 0 Å². The number of ether oxygens (including phenoxy) is 1. The fourth-order valence-corrected chi connectivity index (χ4v) is 3.67. The minimum Gasteiger partial charge on any atom is -0.375 e. The average Bonchev–Trinajstić information content (AvgIpc) is 2.78. The molecular formula is C15H23NO2. The van der Waals surface area contributed by atoms with Crippen LogP contribution in [0.3, 0.4) is 0 Å². The number of rotatable bonds is 1. The number of likely N-dealkylation sites (tertiary alicyclic amines) is 1. The summed E-state index contributed by atoms with van der Waals surface area (Å²) in [5.41, 5.74) is 0. The van der Waals surface area contributed by atoms with E-state index < -0.39 is 0 Å². The molecule has 2 heterocycles. The Kier molecular flexibility index (Phi) is 3.42. The van der Waals surface area contributed by atoms with E-state index >= 15 is 0 Å².